The zero-order valence-corrected chi connectivity index (χ0v) is 16.3. The highest BCUT2D eigenvalue weighted by molar-refractivity contribution is 6.00. The SMILES string of the molecule is COc1ccc(CC2=[NH+]CCc3cc(OC)c(OC)cc32)cc1OC.[Cl-]. The molecule has 0 saturated carbocycles. The lowest BCUT2D eigenvalue weighted by molar-refractivity contribution is -0.458. The van der Waals surface area contributed by atoms with E-state index in [0.29, 0.717) is 0 Å². The Morgan fingerprint density at radius 3 is 2.08 bits per heavy atom. The van der Waals surface area contributed by atoms with Crippen LogP contribution in [0.3, 0.4) is 0 Å². The first-order chi connectivity index (χ1) is 12.2. The average molecular weight is 378 g/mol. The van der Waals surface area contributed by atoms with Crippen molar-refractivity contribution in [3.8, 4) is 23.0 Å². The van der Waals surface area contributed by atoms with Gasteiger partial charge in [0.15, 0.2) is 28.7 Å². The fraction of sp³-hybridized carbons (Fsp3) is 0.350. The van der Waals surface area contributed by atoms with Crippen molar-refractivity contribution in [2.24, 2.45) is 0 Å². The molecule has 0 aliphatic carbocycles. The van der Waals surface area contributed by atoms with Crippen molar-refractivity contribution in [2.45, 2.75) is 12.8 Å². The predicted molar refractivity (Wildman–Crippen MR) is 96.4 cm³/mol. The molecule has 3 rings (SSSR count). The lowest BCUT2D eigenvalue weighted by atomic mass is 9.93. The molecule has 1 aliphatic rings. The molecule has 0 saturated heterocycles. The predicted octanol–water partition coefficient (Wildman–Crippen LogP) is -1.61. The zero-order chi connectivity index (χ0) is 17.8. The summed E-state index contributed by atoms with van der Waals surface area (Å²) in [4.78, 5) is 3.53. The normalized spacial score (nSPS) is 12.4. The van der Waals surface area contributed by atoms with E-state index in [1.165, 1.54) is 16.8 Å². The van der Waals surface area contributed by atoms with Crippen molar-refractivity contribution in [3.63, 3.8) is 0 Å². The summed E-state index contributed by atoms with van der Waals surface area (Å²) in [6, 6.07) is 10.1. The van der Waals surface area contributed by atoms with Crippen LogP contribution in [0.5, 0.6) is 23.0 Å². The Morgan fingerprint density at radius 1 is 0.808 bits per heavy atom. The van der Waals surface area contributed by atoms with Gasteiger partial charge in [0.25, 0.3) is 0 Å². The molecular formula is C20H24ClNO4. The molecule has 0 bridgehead atoms. The molecule has 2 aromatic carbocycles. The fourth-order valence-electron chi connectivity index (χ4n) is 3.20. The molecule has 1 aliphatic heterocycles. The first kappa shape index (κ1) is 19.9. The number of ether oxygens (including phenoxy) is 4. The van der Waals surface area contributed by atoms with Crippen molar-refractivity contribution in [1.29, 1.82) is 0 Å². The van der Waals surface area contributed by atoms with Crippen LogP contribution in [0.4, 0.5) is 0 Å². The Bertz CT molecular complexity index is 805. The van der Waals surface area contributed by atoms with Crippen LogP contribution < -0.4 is 36.3 Å². The molecule has 140 valence electrons. The summed E-state index contributed by atoms with van der Waals surface area (Å²) in [5, 5.41) is 0. The molecule has 0 atom stereocenters. The molecule has 0 amide bonds. The number of methoxy groups -OCH3 is 4. The lowest BCUT2D eigenvalue weighted by Gasteiger charge is -2.17. The Hall–Kier alpha value is -2.40. The van der Waals surface area contributed by atoms with Crippen LogP contribution in [0.15, 0.2) is 30.3 Å². The topological polar surface area (TPSA) is 50.9 Å². The van der Waals surface area contributed by atoms with Gasteiger partial charge in [0.05, 0.1) is 34.9 Å². The molecule has 1 N–H and O–H groups in total. The van der Waals surface area contributed by atoms with E-state index in [1.54, 1.807) is 28.4 Å². The number of halogens is 1. The van der Waals surface area contributed by atoms with Gasteiger partial charge >= 0.3 is 0 Å². The Kier molecular flexibility index (Phi) is 6.75. The minimum Gasteiger partial charge on any atom is -1.00 e. The molecule has 1 heterocycles. The van der Waals surface area contributed by atoms with Gasteiger partial charge in [-0.1, -0.05) is 6.07 Å². The standard InChI is InChI=1S/C20H23NO4.ClH/c1-22-17-6-5-13(10-18(17)23-2)9-16-15-12-20(25-4)19(24-3)11-14(15)7-8-21-16;/h5-6,10-12H,7-9H2,1-4H3;1H. The van der Waals surface area contributed by atoms with E-state index in [2.05, 4.69) is 23.2 Å². The Labute approximate surface area is 160 Å². The smallest absolute Gasteiger partial charge is 0.186 e. The van der Waals surface area contributed by atoms with E-state index in [-0.39, 0.29) is 12.4 Å². The first-order valence-corrected chi connectivity index (χ1v) is 8.26. The number of hydrogen-bond donors (Lipinski definition) is 1. The van der Waals surface area contributed by atoms with Gasteiger partial charge < -0.3 is 31.4 Å². The summed E-state index contributed by atoms with van der Waals surface area (Å²) >= 11 is 0. The van der Waals surface area contributed by atoms with Crippen molar-refractivity contribution < 1.29 is 36.3 Å². The maximum atomic E-state index is 5.46. The second-order valence-corrected chi connectivity index (χ2v) is 5.89. The van der Waals surface area contributed by atoms with E-state index in [1.807, 2.05) is 12.1 Å². The van der Waals surface area contributed by atoms with Crippen LogP contribution in [0.2, 0.25) is 0 Å². The van der Waals surface area contributed by atoms with Crippen molar-refractivity contribution in [3.05, 3.63) is 47.0 Å². The zero-order valence-electron chi connectivity index (χ0n) is 15.5. The van der Waals surface area contributed by atoms with Crippen LogP contribution in [-0.4, -0.2) is 40.7 Å². The third-order valence-corrected chi connectivity index (χ3v) is 4.50. The van der Waals surface area contributed by atoms with Crippen LogP contribution in [0, 0.1) is 0 Å². The molecule has 0 spiro atoms. The number of rotatable bonds is 6. The summed E-state index contributed by atoms with van der Waals surface area (Å²) in [7, 11) is 6.62. The van der Waals surface area contributed by atoms with Crippen LogP contribution in [0.1, 0.15) is 16.7 Å². The molecule has 26 heavy (non-hydrogen) atoms. The highest BCUT2D eigenvalue weighted by Gasteiger charge is 2.23. The maximum Gasteiger partial charge on any atom is 0.186 e. The average Bonchev–Trinajstić information content (AvgIpc) is 2.66. The minimum atomic E-state index is 0. The summed E-state index contributed by atoms with van der Waals surface area (Å²) in [5.74, 6) is 2.99. The van der Waals surface area contributed by atoms with E-state index < -0.39 is 0 Å². The third-order valence-electron chi connectivity index (χ3n) is 4.50. The summed E-state index contributed by atoms with van der Waals surface area (Å²) in [5.41, 5.74) is 4.78. The molecular weight excluding hydrogens is 354 g/mol. The van der Waals surface area contributed by atoms with Gasteiger partial charge in [-0.05, 0) is 35.4 Å². The quantitative estimate of drug-likeness (QED) is 0.658. The van der Waals surface area contributed by atoms with Gasteiger partial charge in [-0.2, -0.15) is 0 Å². The Balaban J connectivity index is 0.00000243. The van der Waals surface area contributed by atoms with E-state index in [9.17, 15) is 0 Å². The van der Waals surface area contributed by atoms with Crippen molar-refractivity contribution in [2.75, 3.05) is 35.0 Å². The first-order valence-electron chi connectivity index (χ1n) is 8.26. The van der Waals surface area contributed by atoms with E-state index >= 15 is 0 Å². The van der Waals surface area contributed by atoms with E-state index in [0.717, 1.165) is 47.9 Å². The number of fused-ring (bicyclic) bond motifs is 1. The summed E-state index contributed by atoms with van der Waals surface area (Å²) in [6.07, 6.45) is 1.74. The van der Waals surface area contributed by atoms with Gasteiger partial charge in [-0.3, -0.25) is 0 Å². The van der Waals surface area contributed by atoms with E-state index in [4.69, 9.17) is 18.9 Å². The number of nitrogens with one attached hydrogen (secondary N) is 1. The van der Waals surface area contributed by atoms with Gasteiger partial charge in [0.2, 0.25) is 0 Å². The number of benzene rings is 2. The van der Waals surface area contributed by atoms with Gasteiger partial charge in [-0.25, -0.2) is 4.99 Å². The van der Waals surface area contributed by atoms with Gasteiger partial charge in [0, 0.05) is 12.0 Å². The summed E-state index contributed by atoms with van der Waals surface area (Å²) in [6.45, 7) is 0.908. The third kappa shape index (κ3) is 3.88. The molecule has 6 heteroatoms. The van der Waals surface area contributed by atoms with Crippen molar-refractivity contribution in [1.82, 2.24) is 0 Å². The lowest BCUT2D eigenvalue weighted by Crippen LogP contribution is -3.00. The molecule has 0 aromatic heterocycles. The molecule has 0 radical (unpaired) electrons. The van der Waals surface area contributed by atoms with Crippen LogP contribution >= 0.6 is 0 Å². The second-order valence-electron chi connectivity index (χ2n) is 5.89. The highest BCUT2D eigenvalue weighted by Crippen LogP contribution is 2.32. The fourth-order valence-corrected chi connectivity index (χ4v) is 3.20. The van der Waals surface area contributed by atoms with Gasteiger partial charge in [0.1, 0.15) is 6.54 Å². The van der Waals surface area contributed by atoms with Crippen molar-refractivity contribution >= 4 is 5.71 Å². The monoisotopic (exact) mass is 377 g/mol. The van der Waals surface area contributed by atoms with Crippen LogP contribution in [-0.2, 0) is 12.8 Å². The largest absolute Gasteiger partial charge is 1.00 e. The van der Waals surface area contributed by atoms with Gasteiger partial charge in [-0.15, -0.1) is 0 Å². The Morgan fingerprint density at radius 2 is 1.42 bits per heavy atom. The summed E-state index contributed by atoms with van der Waals surface area (Å²) < 4.78 is 21.6. The molecule has 2 aromatic rings. The molecule has 5 nitrogen and oxygen atoms in total. The minimum absolute atomic E-state index is 0. The second kappa shape index (κ2) is 8.81. The number of hydrogen-bond acceptors (Lipinski definition) is 4. The molecule has 0 fully saturated rings. The highest BCUT2D eigenvalue weighted by atomic mass is 35.5. The maximum absolute atomic E-state index is 5.46. The molecule has 0 unspecified atom stereocenters. The van der Waals surface area contributed by atoms with Crippen LogP contribution in [0.25, 0.3) is 0 Å².